The minimum Gasteiger partial charge on any atom is -0.476 e. The minimum absolute atomic E-state index is 0.0411. The van der Waals surface area contributed by atoms with Crippen molar-refractivity contribution in [1.29, 1.82) is 0 Å². The maximum absolute atomic E-state index is 10.9. The molecule has 0 saturated heterocycles. The SMILES string of the molecule is CC(C)c1cc(C(=O)O)nn1-c1ccccn1. The van der Waals surface area contributed by atoms with E-state index in [4.69, 9.17) is 5.11 Å². The molecule has 2 heterocycles. The molecule has 17 heavy (non-hydrogen) atoms. The van der Waals surface area contributed by atoms with Crippen LogP contribution in [0.4, 0.5) is 0 Å². The summed E-state index contributed by atoms with van der Waals surface area (Å²) in [5.41, 5.74) is 0.875. The number of hydrogen-bond donors (Lipinski definition) is 1. The molecule has 88 valence electrons. The standard InChI is InChI=1S/C12H13N3O2/c1-8(2)10-7-9(12(16)17)14-15(10)11-5-3-4-6-13-11/h3-8H,1-2H3,(H,16,17). The van der Waals surface area contributed by atoms with E-state index in [1.165, 1.54) is 0 Å². The minimum atomic E-state index is -1.03. The van der Waals surface area contributed by atoms with Gasteiger partial charge in [-0.15, -0.1) is 0 Å². The molecule has 0 radical (unpaired) electrons. The molecule has 0 unspecified atom stereocenters. The van der Waals surface area contributed by atoms with E-state index in [9.17, 15) is 4.79 Å². The van der Waals surface area contributed by atoms with Crippen LogP contribution in [0.1, 0.15) is 35.9 Å². The fraction of sp³-hybridized carbons (Fsp3) is 0.250. The van der Waals surface area contributed by atoms with Crippen molar-refractivity contribution in [2.75, 3.05) is 0 Å². The highest BCUT2D eigenvalue weighted by Crippen LogP contribution is 2.19. The normalized spacial score (nSPS) is 10.8. The van der Waals surface area contributed by atoms with Crippen LogP contribution in [0.25, 0.3) is 5.82 Å². The van der Waals surface area contributed by atoms with Crippen molar-refractivity contribution in [3.8, 4) is 5.82 Å². The molecule has 0 amide bonds. The molecule has 5 nitrogen and oxygen atoms in total. The summed E-state index contributed by atoms with van der Waals surface area (Å²) in [5.74, 6) is -0.220. The fourth-order valence-corrected chi connectivity index (χ4v) is 1.57. The average Bonchev–Trinajstić information content (AvgIpc) is 2.75. The van der Waals surface area contributed by atoms with Gasteiger partial charge in [-0.3, -0.25) is 0 Å². The number of hydrogen-bond acceptors (Lipinski definition) is 3. The van der Waals surface area contributed by atoms with Crippen molar-refractivity contribution in [2.24, 2.45) is 0 Å². The van der Waals surface area contributed by atoms with Gasteiger partial charge >= 0.3 is 5.97 Å². The monoisotopic (exact) mass is 231 g/mol. The first-order valence-electron chi connectivity index (χ1n) is 5.34. The van der Waals surface area contributed by atoms with Crippen LogP contribution in [-0.4, -0.2) is 25.8 Å². The molecule has 5 heteroatoms. The lowest BCUT2D eigenvalue weighted by Crippen LogP contribution is -2.06. The summed E-state index contributed by atoms with van der Waals surface area (Å²) >= 11 is 0. The second kappa shape index (κ2) is 4.37. The van der Waals surface area contributed by atoms with Gasteiger partial charge in [0.1, 0.15) is 0 Å². The molecule has 2 aromatic rings. The summed E-state index contributed by atoms with van der Waals surface area (Å²) in [6.07, 6.45) is 1.65. The molecular weight excluding hydrogens is 218 g/mol. The van der Waals surface area contributed by atoms with E-state index in [1.54, 1.807) is 29.1 Å². The molecular formula is C12H13N3O2. The average molecular weight is 231 g/mol. The first-order valence-corrected chi connectivity index (χ1v) is 5.34. The maximum atomic E-state index is 10.9. The van der Waals surface area contributed by atoms with Crippen molar-refractivity contribution >= 4 is 5.97 Å². The van der Waals surface area contributed by atoms with Crippen molar-refractivity contribution in [1.82, 2.24) is 14.8 Å². The van der Waals surface area contributed by atoms with Crippen LogP contribution in [0, 0.1) is 0 Å². The van der Waals surface area contributed by atoms with Crippen LogP contribution in [0.5, 0.6) is 0 Å². The van der Waals surface area contributed by atoms with Crippen LogP contribution >= 0.6 is 0 Å². The first-order chi connectivity index (χ1) is 8.09. The van der Waals surface area contributed by atoms with Gasteiger partial charge in [-0.05, 0) is 24.1 Å². The van der Waals surface area contributed by atoms with Crippen LogP contribution in [0.3, 0.4) is 0 Å². The number of aromatic nitrogens is 3. The number of aromatic carboxylic acids is 1. The van der Waals surface area contributed by atoms with E-state index in [0.29, 0.717) is 5.82 Å². The summed E-state index contributed by atoms with van der Waals surface area (Å²) in [5, 5.41) is 13.0. The Hall–Kier alpha value is -2.17. The summed E-state index contributed by atoms with van der Waals surface area (Å²) in [6.45, 7) is 3.98. The van der Waals surface area contributed by atoms with E-state index in [0.717, 1.165) is 5.69 Å². The van der Waals surface area contributed by atoms with Gasteiger partial charge in [-0.2, -0.15) is 5.10 Å². The predicted molar refractivity (Wildman–Crippen MR) is 62.4 cm³/mol. The third kappa shape index (κ3) is 2.18. The molecule has 0 aliphatic heterocycles. The van der Waals surface area contributed by atoms with Crippen molar-refractivity contribution in [2.45, 2.75) is 19.8 Å². The highest BCUT2D eigenvalue weighted by Gasteiger charge is 2.16. The van der Waals surface area contributed by atoms with Gasteiger partial charge in [0, 0.05) is 11.9 Å². The van der Waals surface area contributed by atoms with Gasteiger partial charge in [-0.1, -0.05) is 19.9 Å². The Morgan fingerprint density at radius 2 is 2.18 bits per heavy atom. The van der Waals surface area contributed by atoms with Crippen LogP contribution in [-0.2, 0) is 0 Å². The molecule has 0 aliphatic rings. The largest absolute Gasteiger partial charge is 0.476 e. The lowest BCUT2D eigenvalue weighted by atomic mass is 10.1. The third-order valence-corrected chi connectivity index (χ3v) is 2.41. The Labute approximate surface area is 98.7 Å². The molecule has 0 aromatic carbocycles. The molecule has 0 bridgehead atoms. The van der Waals surface area contributed by atoms with Gasteiger partial charge in [0.05, 0.1) is 0 Å². The van der Waals surface area contributed by atoms with Crippen molar-refractivity contribution in [3.05, 3.63) is 41.9 Å². The smallest absolute Gasteiger partial charge is 0.356 e. The molecule has 0 aliphatic carbocycles. The summed E-state index contributed by atoms with van der Waals surface area (Å²) in [4.78, 5) is 15.1. The lowest BCUT2D eigenvalue weighted by molar-refractivity contribution is 0.0690. The van der Waals surface area contributed by atoms with E-state index in [2.05, 4.69) is 10.1 Å². The van der Waals surface area contributed by atoms with Crippen LogP contribution < -0.4 is 0 Å². The zero-order valence-corrected chi connectivity index (χ0v) is 9.66. The molecule has 0 spiro atoms. The maximum Gasteiger partial charge on any atom is 0.356 e. The zero-order valence-electron chi connectivity index (χ0n) is 9.66. The van der Waals surface area contributed by atoms with E-state index < -0.39 is 5.97 Å². The lowest BCUT2D eigenvalue weighted by Gasteiger charge is -2.08. The Balaban J connectivity index is 2.56. The predicted octanol–water partition coefficient (Wildman–Crippen LogP) is 2.09. The summed E-state index contributed by atoms with van der Waals surface area (Å²) in [6, 6.07) is 7.03. The van der Waals surface area contributed by atoms with Crippen molar-refractivity contribution < 1.29 is 9.90 Å². The summed E-state index contributed by atoms with van der Waals surface area (Å²) < 4.78 is 1.58. The molecule has 0 saturated carbocycles. The van der Waals surface area contributed by atoms with Gasteiger partial charge in [0.2, 0.25) is 0 Å². The van der Waals surface area contributed by atoms with Crippen LogP contribution in [0.2, 0.25) is 0 Å². The van der Waals surface area contributed by atoms with Gasteiger partial charge in [0.15, 0.2) is 11.5 Å². The van der Waals surface area contributed by atoms with Crippen molar-refractivity contribution in [3.63, 3.8) is 0 Å². The summed E-state index contributed by atoms with van der Waals surface area (Å²) in [7, 11) is 0. The number of carbonyl (C=O) groups is 1. The third-order valence-electron chi connectivity index (χ3n) is 2.41. The van der Waals surface area contributed by atoms with Crippen LogP contribution in [0.15, 0.2) is 30.5 Å². The molecule has 2 aromatic heterocycles. The van der Waals surface area contributed by atoms with Gasteiger partial charge < -0.3 is 5.11 Å². The second-order valence-corrected chi connectivity index (χ2v) is 4.01. The molecule has 0 atom stereocenters. The number of carboxylic acids is 1. The number of nitrogens with zero attached hydrogens (tertiary/aromatic N) is 3. The Bertz CT molecular complexity index is 532. The number of carboxylic acid groups (broad SMARTS) is 1. The number of rotatable bonds is 3. The van der Waals surface area contributed by atoms with E-state index in [-0.39, 0.29) is 11.6 Å². The highest BCUT2D eigenvalue weighted by molar-refractivity contribution is 5.85. The fourth-order valence-electron chi connectivity index (χ4n) is 1.57. The van der Waals surface area contributed by atoms with Gasteiger partial charge in [-0.25, -0.2) is 14.5 Å². The Kier molecular flexibility index (Phi) is 2.91. The zero-order chi connectivity index (χ0) is 12.4. The molecule has 0 fully saturated rings. The number of pyridine rings is 1. The Morgan fingerprint density at radius 1 is 1.41 bits per heavy atom. The molecule has 1 N–H and O–H groups in total. The van der Waals surface area contributed by atoms with E-state index in [1.807, 2.05) is 19.9 Å². The van der Waals surface area contributed by atoms with Gasteiger partial charge in [0.25, 0.3) is 0 Å². The second-order valence-electron chi connectivity index (χ2n) is 4.01. The highest BCUT2D eigenvalue weighted by atomic mass is 16.4. The quantitative estimate of drug-likeness (QED) is 0.878. The Morgan fingerprint density at radius 3 is 2.71 bits per heavy atom. The topological polar surface area (TPSA) is 68.0 Å². The van der Waals surface area contributed by atoms with E-state index >= 15 is 0 Å². The first kappa shape index (κ1) is 11.3. The molecule has 2 rings (SSSR count).